The molecule has 0 aliphatic carbocycles. The van der Waals surface area contributed by atoms with Crippen molar-refractivity contribution in [2.75, 3.05) is 0 Å². The number of benzene rings is 1. The lowest BCUT2D eigenvalue weighted by molar-refractivity contribution is -0.128. The highest BCUT2D eigenvalue weighted by molar-refractivity contribution is 9.10. The van der Waals surface area contributed by atoms with Crippen LogP contribution in [-0.4, -0.2) is 27.3 Å². The Kier molecular flexibility index (Phi) is 4.27. The van der Waals surface area contributed by atoms with Gasteiger partial charge in [-0.15, -0.1) is 5.10 Å². The Morgan fingerprint density at radius 1 is 1.43 bits per heavy atom. The molecule has 114 valence electrons. The van der Waals surface area contributed by atoms with Crippen LogP contribution in [0.25, 0.3) is 10.9 Å². The van der Waals surface area contributed by atoms with Gasteiger partial charge in [-0.2, -0.15) is 0 Å². The van der Waals surface area contributed by atoms with Crippen molar-refractivity contribution in [1.29, 1.82) is 0 Å². The van der Waals surface area contributed by atoms with Crippen LogP contribution in [0.5, 0.6) is 5.88 Å². The van der Waals surface area contributed by atoms with E-state index in [1.54, 1.807) is 11.6 Å². The van der Waals surface area contributed by atoms with Crippen LogP contribution in [0.2, 0.25) is 0 Å². The molecule has 1 amide bonds. The van der Waals surface area contributed by atoms with E-state index in [0.717, 1.165) is 15.4 Å². The van der Waals surface area contributed by atoms with Gasteiger partial charge < -0.3 is 10.1 Å². The molecule has 0 spiro atoms. The zero-order chi connectivity index (χ0) is 15.8. The van der Waals surface area contributed by atoms with Crippen LogP contribution in [0.4, 0.5) is 0 Å². The minimum Gasteiger partial charge on any atom is -0.463 e. The van der Waals surface area contributed by atoms with Crippen molar-refractivity contribution in [2.45, 2.75) is 39.3 Å². The SMILES string of the molecule is CC(Oc1nn(C)c2ccc(Br)cc12)C(=O)NC(C)(C)C. The maximum Gasteiger partial charge on any atom is 0.261 e. The Morgan fingerprint density at radius 2 is 2.10 bits per heavy atom. The summed E-state index contributed by atoms with van der Waals surface area (Å²) in [5, 5.41) is 8.12. The number of hydrogen-bond acceptors (Lipinski definition) is 3. The molecule has 0 radical (unpaired) electrons. The molecule has 6 heteroatoms. The normalized spacial score (nSPS) is 13.2. The van der Waals surface area contributed by atoms with Gasteiger partial charge in [-0.05, 0) is 45.9 Å². The summed E-state index contributed by atoms with van der Waals surface area (Å²) in [5.41, 5.74) is 0.667. The van der Waals surface area contributed by atoms with Crippen molar-refractivity contribution in [3.8, 4) is 5.88 Å². The number of amides is 1. The topological polar surface area (TPSA) is 56.2 Å². The predicted molar refractivity (Wildman–Crippen MR) is 86.4 cm³/mol. The van der Waals surface area contributed by atoms with Crippen molar-refractivity contribution < 1.29 is 9.53 Å². The molecule has 1 unspecified atom stereocenters. The van der Waals surface area contributed by atoms with Crippen LogP contribution in [0, 0.1) is 0 Å². The van der Waals surface area contributed by atoms with Gasteiger partial charge in [-0.25, -0.2) is 0 Å². The summed E-state index contributed by atoms with van der Waals surface area (Å²) in [5.74, 6) is 0.307. The summed E-state index contributed by atoms with van der Waals surface area (Å²) >= 11 is 3.44. The van der Waals surface area contributed by atoms with E-state index < -0.39 is 6.10 Å². The Bertz CT molecular complexity index is 673. The number of aryl methyl sites for hydroxylation is 1. The number of rotatable bonds is 3. The third-order valence-corrected chi connectivity index (χ3v) is 3.43. The highest BCUT2D eigenvalue weighted by Gasteiger charge is 2.22. The van der Waals surface area contributed by atoms with E-state index in [9.17, 15) is 4.79 Å². The lowest BCUT2D eigenvalue weighted by Gasteiger charge is -2.23. The number of nitrogens with one attached hydrogen (secondary N) is 1. The van der Waals surface area contributed by atoms with Crippen LogP contribution < -0.4 is 10.1 Å². The molecule has 5 nitrogen and oxygen atoms in total. The van der Waals surface area contributed by atoms with Crippen LogP contribution in [-0.2, 0) is 11.8 Å². The number of aromatic nitrogens is 2. The Balaban J connectivity index is 2.23. The van der Waals surface area contributed by atoms with Gasteiger partial charge in [0.2, 0.25) is 5.88 Å². The van der Waals surface area contributed by atoms with E-state index >= 15 is 0 Å². The quantitative estimate of drug-likeness (QED) is 0.922. The second kappa shape index (κ2) is 5.67. The first-order valence-corrected chi connectivity index (χ1v) is 7.57. The van der Waals surface area contributed by atoms with Crippen molar-refractivity contribution in [3.63, 3.8) is 0 Å². The van der Waals surface area contributed by atoms with Gasteiger partial charge in [0.1, 0.15) is 0 Å². The molecule has 0 aliphatic rings. The molecule has 0 fully saturated rings. The molecular formula is C15H20BrN3O2. The number of carbonyl (C=O) groups is 1. The summed E-state index contributed by atoms with van der Waals surface area (Å²) in [6.07, 6.45) is -0.610. The first-order valence-electron chi connectivity index (χ1n) is 6.78. The fraction of sp³-hybridized carbons (Fsp3) is 0.467. The smallest absolute Gasteiger partial charge is 0.261 e. The van der Waals surface area contributed by atoms with Crippen LogP contribution in [0.1, 0.15) is 27.7 Å². The zero-order valence-corrected chi connectivity index (χ0v) is 14.5. The van der Waals surface area contributed by atoms with E-state index in [-0.39, 0.29) is 11.4 Å². The average Bonchev–Trinajstić information content (AvgIpc) is 2.63. The highest BCUT2D eigenvalue weighted by atomic mass is 79.9. The molecule has 0 saturated heterocycles. The molecule has 21 heavy (non-hydrogen) atoms. The molecule has 1 aromatic carbocycles. The van der Waals surface area contributed by atoms with Crippen molar-refractivity contribution >= 4 is 32.7 Å². The second-order valence-electron chi connectivity index (χ2n) is 6.09. The van der Waals surface area contributed by atoms with Crippen LogP contribution in [0.15, 0.2) is 22.7 Å². The van der Waals surface area contributed by atoms with E-state index in [0.29, 0.717) is 5.88 Å². The summed E-state index contributed by atoms with van der Waals surface area (Å²) < 4.78 is 8.43. The molecule has 1 N–H and O–H groups in total. The molecule has 2 aromatic rings. The zero-order valence-electron chi connectivity index (χ0n) is 12.9. The van der Waals surface area contributed by atoms with Crippen molar-refractivity contribution in [2.24, 2.45) is 7.05 Å². The lowest BCUT2D eigenvalue weighted by Crippen LogP contribution is -2.46. The minimum atomic E-state index is -0.610. The summed E-state index contributed by atoms with van der Waals surface area (Å²) in [7, 11) is 1.85. The van der Waals surface area contributed by atoms with E-state index in [4.69, 9.17) is 4.74 Å². The van der Waals surface area contributed by atoms with Crippen LogP contribution in [0.3, 0.4) is 0 Å². The number of carbonyl (C=O) groups excluding carboxylic acids is 1. The number of nitrogens with zero attached hydrogens (tertiary/aromatic N) is 2. The van der Waals surface area contributed by atoms with E-state index in [1.807, 2.05) is 46.0 Å². The molecule has 0 saturated carbocycles. The first-order chi connectivity index (χ1) is 9.67. The van der Waals surface area contributed by atoms with Crippen molar-refractivity contribution in [1.82, 2.24) is 15.1 Å². The second-order valence-corrected chi connectivity index (χ2v) is 7.01. The molecule has 2 rings (SSSR count). The minimum absolute atomic E-state index is 0.156. The van der Waals surface area contributed by atoms with Gasteiger partial charge >= 0.3 is 0 Å². The number of fused-ring (bicyclic) bond motifs is 1. The number of ether oxygens (including phenoxy) is 1. The number of halogens is 1. The fourth-order valence-electron chi connectivity index (χ4n) is 1.98. The van der Waals surface area contributed by atoms with Gasteiger partial charge in [0.05, 0.1) is 10.9 Å². The van der Waals surface area contributed by atoms with E-state index in [1.165, 1.54) is 0 Å². The van der Waals surface area contributed by atoms with Crippen LogP contribution >= 0.6 is 15.9 Å². The van der Waals surface area contributed by atoms with Gasteiger partial charge in [0, 0.05) is 17.1 Å². The molecule has 1 aromatic heterocycles. The molecule has 1 heterocycles. The third-order valence-electron chi connectivity index (χ3n) is 2.93. The third kappa shape index (κ3) is 3.75. The Morgan fingerprint density at radius 3 is 2.71 bits per heavy atom. The summed E-state index contributed by atoms with van der Waals surface area (Å²) in [6.45, 7) is 7.53. The summed E-state index contributed by atoms with van der Waals surface area (Å²) in [4.78, 5) is 12.1. The molecular weight excluding hydrogens is 334 g/mol. The van der Waals surface area contributed by atoms with Gasteiger partial charge in [-0.1, -0.05) is 15.9 Å². The standard InChI is InChI=1S/C15H20BrN3O2/c1-9(13(20)17-15(2,3)4)21-14-11-8-10(16)6-7-12(11)19(5)18-14/h6-9H,1-5H3,(H,17,20). The fourth-order valence-corrected chi connectivity index (χ4v) is 2.35. The van der Waals surface area contributed by atoms with Crippen molar-refractivity contribution in [3.05, 3.63) is 22.7 Å². The van der Waals surface area contributed by atoms with Gasteiger partial charge in [-0.3, -0.25) is 9.48 Å². The maximum atomic E-state index is 12.1. The predicted octanol–water partition coefficient (Wildman–Crippen LogP) is 3.02. The van der Waals surface area contributed by atoms with Gasteiger partial charge in [0.25, 0.3) is 5.91 Å². The lowest BCUT2D eigenvalue weighted by atomic mass is 10.1. The Hall–Kier alpha value is -1.56. The summed E-state index contributed by atoms with van der Waals surface area (Å²) in [6, 6.07) is 5.84. The largest absolute Gasteiger partial charge is 0.463 e. The van der Waals surface area contributed by atoms with Gasteiger partial charge in [0.15, 0.2) is 6.10 Å². The van der Waals surface area contributed by atoms with E-state index in [2.05, 4.69) is 26.3 Å². The Labute approximate surface area is 132 Å². The monoisotopic (exact) mass is 353 g/mol. The highest BCUT2D eigenvalue weighted by Crippen LogP contribution is 2.28. The first kappa shape index (κ1) is 15.8. The average molecular weight is 354 g/mol. The maximum absolute atomic E-state index is 12.1. The molecule has 0 aliphatic heterocycles. The number of hydrogen-bond donors (Lipinski definition) is 1. The molecule has 1 atom stereocenters. The molecule has 0 bridgehead atoms.